The van der Waals surface area contributed by atoms with Crippen molar-refractivity contribution in [3.05, 3.63) is 71.8 Å². The maximum absolute atomic E-state index is 13.5. The minimum atomic E-state index is -0.352. The molecule has 33 heavy (non-hydrogen) atoms. The zero-order valence-corrected chi connectivity index (χ0v) is 19.4. The van der Waals surface area contributed by atoms with E-state index in [1.165, 1.54) is 12.0 Å². The van der Waals surface area contributed by atoms with E-state index in [0.717, 1.165) is 58.2 Å². The molecule has 4 atom stereocenters. The lowest BCUT2D eigenvalue weighted by Gasteiger charge is -2.36. The Morgan fingerprint density at radius 1 is 0.879 bits per heavy atom. The van der Waals surface area contributed by atoms with Crippen LogP contribution >= 0.6 is 0 Å². The van der Waals surface area contributed by atoms with Gasteiger partial charge in [0.25, 0.3) is 5.91 Å². The SMILES string of the molecule is O=C(NC1CCCN(Cc2ccccc2)C1)C1CC2CCCCC2N1C(=O)c1ccccc1. The van der Waals surface area contributed by atoms with E-state index in [2.05, 4.69) is 34.5 Å². The van der Waals surface area contributed by atoms with Crippen LogP contribution in [0.5, 0.6) is 0 Å². The highest BCUT2D eigenvalue weighted by Crippen LogP contribution is 2.40. The summed E-state index contributed by atoms with van der Waals surface area (Å²) in [6, 6.07) is 20.0. The molecule has 3 aliphatic rings. The Hall–Kier alpha value is -2.66. The van der Waals surface area contributed by atoms with Crippen molar-refractivity contribution in [3.63, 3.8) is 0 Å². The van der Waals surface area contributed by atoms with Crippen LogP contribution in [0.3, 0.4) is 0 Å². The van der Waals surface area contributed by atoms with Gasteiger partial charge in [-0.3, -0.25) is 14.5 Å². The molecule has 2 heterocycles. The summed E-state index contributed by atoms with van der Waals surface area (Å²) < 4.78 is 0. The van der Waals surface area contributed by atoms with E-state index < -0.39 is 0 Å². The fourth-order valence-corrected chi connectivity index (χ4v) is 6.17. The molecule has 0 aromatic heterocycles. The molecule has 0 bridgehead atoms. The Labute approximate surface area is 197 Å². The third kappa shape index (κ3) is 4.98. The summed E-state index contributed by atoms with van der Waals surface area (Å²) in [4.78, 5) is 31.4. The summed E-state index contributed by atoms with van der Waals surface area (Å²) in [5.74, 6) is 0.503. The molecule has 1 saturated carbocycles. The fraction of sp³-hybridized carbons (Fsp3) is 0.500. The molecule has 5 nitrogen and oxygen atoms in total. The molecule has 174 valence electrons. The predicted octanol–water partition coefficient (Wildman–Crippen LogP) is 4.24. The second-order valence-electron chi connectivity index (χ2n) is 10.0. The first-order chi connectivity index (χ1) is 16.2. The first kappa shape index (κ1) is 22.1. The van der Waals surface area contributed by atoms with Crippen molar-refractivity contribution in [1.29, 1.82) is 0 Å². The Morgan fingerprint density at radius 2 is 1.61 bits per heavy atom. The lowest BCUT2D eigenvalue weighted by Crippen LogP contribution is -2.54. The van der Waals surface area contributed by atoms with Gasteiger partial charge in [0.15, 0.2) is 0 Å². The number of hydrogen-bond donors (Lipinski definition) is 1. The van der Waals surface area contributed by atoms with Crippen LogP contribution in [-0.4, -0.2) is 52.8 Å². The number of likely N-dealkylation sites (tertiary alicyclic amines) is 2. The number of carbonyl (C=O) groups excluding carboxylic acids is 2. The van der Waals surface area contributed by atoms with Crippen LogP contribution in [0.4, 0.5) is 0 Å². The smallest absolute Gasteiger partial charge is 0.254 e. The van der Waals surface area contributed by atoms with Crippen LogP contribution in [0.25, 0.3) is 0 Å². The molecule has 2 aliphatic heterocycles. The van der Waals surface area contributed by atoms with Crippen LogP contribution in [-0.2, 0) is 11.3 Å². The summed E-state index contributed by atoms with van der Waals surface area (Å²) in [5.41, 5.74) is 2.00. The molecule has 3 fully saturated rings. The molecule has 1 N–H and O–H groups in total. The molecule has 1 aliphatic carbocycles. The topological polar surface area (TPSA) is 52.7 Å². The first-order valence-corrected chi connectivity index (χ1v) is 12.6. The Morgan fingerprint density at radius 3 is 2.39 bits per heavy atom. The van der Waals surface area contributed by atoms with Crippen LogP contribution in [0.15, 0.2) is 60.7 Å². The van der Waals surface area contributed by atoms with Gasteiger partial charge >= 0.3 is 0 Å². The number of amides is 2. The Balaban J connectivity index is 1.27. The third-order valence-electron chi connectivity index (χ3n) is 7.75. The van der Waals surface area contributed by atoms with Crippen molar-refractivity contribution in [1.82, 2.24) is 15.1 Å². The normalized spacial score (nSPS) is 27.7. The highest BCUT2D eigenvalue weighted by atomic mass is 16.2. The van der Waals surface area contributed by atoms with Crippen molar-refractivity contribution >= 4 is 11.8 Å². The Kier molecular flexibility index (Phi) is 6.77. The van der Waals surface area contributed by atoms with Gasteiger partial charge in [-0.15, -0.1) is 0 Å². The summed E-state index contributed by atoms with van der Waals surface area (Å²) in [6.45, 7) is 2.85. The molecular formula is C28H35N3O2. The Bertz CT molecular complexity index is 948. The van der Waals surface area contributed by atoms with Gasteiger partial charge in [0.2, 0.25) is 5.91 Å². The lowest BCUT2D eigenvalue weighted by atomic mass is 9.84. The van der Waals surface area contributed by atoms with E-state index in [-0.39, 0.29) is 29.9 Å². The van der Waals surface area contributed by atoms with E-state index >= 15 is 0 Å². The zero-order chi connectivity index (χ0) is 22.6. The van der Waals surface area contributed by atoms with Crippen LogP contribution in [0, 0.1) is 5.92 Å². The van der Waals surface area contributed by atoms with Gasteiger partial charge in [-0.05, 0) is 62.3 Å². The third-order valence-corrected chi connectivity index (χ3v) is 7.75. The minimum Gasteiger partial charge on any atom is -0.350 e. The monoisotopic (exact) mass is 445 g/mol. The van der Waals surface area contributed by atoms with Crippen molar-refractivity contribution in [2.45, 2.75) is 69.6 Å². The van der Waals surface area contributed by atoms with Crippen molar-refractivity contribution in [2.24, 2.45) is 5.92 Å². The number of nitrogens with zero attached hydrogens (tertiary/aromatic N) is 2. The van der Waals surface area contributed by atoms with Crippen LogP contribution in [0.2, 0.25) is 0 Å². The van der Waals surface area contributed by atoms with Gasteiger partial charge in [-0.1, -0.05) is 61.4 Å². The van der Waals surface area contributed by atoms with Gasteiger partial charge in [-0.25, -0.2) is 0 Å². The van der Waals surface area contributed by atoms with Crippen molar-refractivity contribution < 1.29 is 9.59 Å². The number of piperidine rings is 1. The molecule has 0 spiro atoms. The quantitative estimate of drug-likeness (QED) is 0.749. The number of carbonyl (C=O) groups is 2. The highest BCUT2D eigenvalue weighted by Gasteiger charge is 2.47. The predicted molar refractivity (Wildman–Crippen MR) is 130 cm³/mol. The van der Waals surface area contributed by atoms with Gasteiger partial charge in [0.05, 0.1) is 0 Å². The molecule has 5 heteroatoms. The molecule has 2 aromatic carbocycles. The van der Waals surface area contributed by atoms with Crippen molar-refractivity contribution in [3.8, 4) is 0 Å². The standard InChI is InChI=1S/C28H35N3O2/c32-27(29-24-15-9-17-30(20-24)19-21-10-3-1-4-11-21)26-18-23-14-7-8-16-25(23)31(26)28(33)22-12-5-2-6-13-22/h1-6,10-13,23-26H,7-9,14-20H2,(H,29,32). The van der Waals surface area contributed by atoms with Gasteiger partial charge in [-0.2, -0.15) is 0 Å². The van der Waals surface area contributed by atoms with E-state index in [1.807, 2.05) is 41.3 Å². The first-order valence-electron chi connectivity index (χ1n) is 12.6. The molecule has 2 aromatic rings. The summed E-state index contributed by atoms with van der Waals surface area (Å²) in [7, 11) is 0. The number of rotatable bonds is 5. The molecule has 2 amide bonds. The summed E-state index contributed by atoms with van der Waals surface area (Å²) >= 11 is 0. The maximum Gasteiger partial charge on any atom is 0.254 e. The largest absolute Gasteiger partial charge is 0.350 e. The molecule has 2 saturated heterocycles. The maximum atomic E-state index is 13.5. The fourth-order valence-electron chi connectivity index (χ4n) is 6.17. The molecule has 0 radical (unpaired) electrons. The van der Waals surface area contributed by atoms with Crippen LogP contribution in [0.1, 0.15) is 60.9 Å². The zero-order valence-electron chi connectivity index (χ0n) is 19.4. The van der Waals surface area contributed by atoms with E-state index in [1.54, 1.807) is 0 Å². The molecular weight excluding hydrogens is 410 g/mol. The number of benzene rings is 2. The second kappa shape index (κ2) is 10.1. The van der Waals surface area contributed by atoms with Crippen molar-refractivity contribution in [2.75, 3.05) is 13.1 Å². The van der Waals surface area contributed by atoms with E-state index in [9.17, 15) is 9.59 Å². The van der Waals surface area contributed by atoms with E-state index in [4.69, 9.17) is 0 Å². The van der Waals surface area contributed by atoms with E-state index in [0.29, 0.717) is 11.5 Å². The summed E-state index contributed by atoms with van der Waals surface area (Å²) in [5, 5.41) is 3.35. The van der Waals surface area contributed by atoms with Gasteiger partial charge in [0, 0.05) is 30.7 Å². The van der Waals surface area contributed by atoms with Gasteiger partial charge < -0.3 is 10.2 Å². The summed E-state index contributed by atoms with van der Waals surface area (Å²) in [6.07, 6.45) is 7.38. The average Bonchev–Trinajstić information content (AvgIpc) is 3.25. The number of hydrogen-bond acceptors (Lipinski definition) is 3. The second-order valence-corrected chi connectivity index (χ2v) is 10.0. The lowest BCUT2D eigenvalue weighted by molar-refractivity contribution is -0.126. The van der Waals surface area contributed by atoms with Crippen LogP contribution < -0.4 is 5.32 Å². The molecule has 4 unspecified atom stereocenters. The number of fused-ring (bicyclic) bond motifs is 1. The van der Waals surface area contributed by atoms with Gasteiger partial charge in [0.1, 0.15) is 6.04 Å². The number of nitrogens with one attached hydrogen (secondary N) is 1. The molecule has 5 rings (SSSR count). The highest BCUT2D eigenvalue weighted by molar-refractivity contribution is 5.98. The minimum absolute atomic E-state index is 0.0134. The average molecular weight is 446 g/mol.